The van der Waals surface area contributed by atoms with Gasteiger partial charge < -0.3 is 15.1 Å². The lowest BCUT2D eigenvalue weighted by molar-refractivity contribution is -0.137. The molecule has 0 atom stereocenters. The van der Waals surface area contributed by atoms with Gasteiger partial charge in [0.05, 0.1) is 5.56 Å². The molecule has 33 heavy (non-hydrogen) atoms. The summed E-state index contributed by atoms with van der Waals surface area (Å²) in [5, 5.41) is 9.48. The Morgan fingerprint density at radius 2 is 1.73 bits per heavy atom. The molecule has 2 aliphatic rings. The van der Waals surface area contributed by atoms with Crippen LogP contribution in [0.15, 0.2) is 24.3 Å². The van der Waals surface area contributed by atoms with E-state index in [1.807, 2.05) is 4.52 Å². The number of piperazine rings is 1. The highest BCUT2D eigenvalue weighted by atomic mass is 32.1. The average Bonchev–Trinajstić information content (AvgIpc) is 3.39. The van der Waals surface area contributed by atoms with Gasteiger partial charge in [-0.05, 0) is 31.5 Å². The summed E-state index contributed by atoms with van der Waals surface area (Å²) in [6.07, 6.45) is 1.41. The van der Waals surface area contributed by atoms with E-state index in [9.17, 15) is 13.2 Å². The fourth-order valence-corrected chi connectivity index (χ4v) is 5.66. The van der Waals surface area contributed by atoms with Crippen LogP contribution in [0.1, 0.15) is 44.6 Å². The minimum Gasteiger partial charge on any atom is -0.365 e. The Morgan fingerprint density at radius 1 is 1.03 bits per heavy atom. The Balaban J connectivity index is 1.48. The number of aromatic nitrogens is 3. The number of alkyl halides is 3. The molecular formula is C23H29F3N6S. The molecule has 1 aromatic carbocycles. The Bertz CT molecular complexity index is 1080. The molecule has 2 fully saturated rings. The predicted octanol–water partition coefficient (Wildman–Crippen LogP) is 5.36. The number of hydrogen-bond acceptors (Lipinski definition) is 6. The number of imidazole rings is 1. The Morgan fingerprint density at radius 3 is 2.36 bits per heavy atom. The van der Waals surface area contributed by atoms with Gasteiger partial charge in [-0.2, -0.15) is 17.7 Å². The molecule has 3 aromatic rings. The van der Waals surface area contributed by atoms with E-state index in [2.05, 4.69) is 22.0 Å². The van der Waals surface area contributed by atoms with Crippen LogP contribution in [0.2, 0.25) is 0 Å². The molecular weight excluding hydrogens is 449 g/mol. The number of nitrogens with zero attached hydrogens (tertiary/aromatic N) is 5. The molecule has 1 aliphatic carbocycles. The van der Waals surface area contributed by atoms with Crippen molar-refractivity contribution in [1.82, 2.24) is 19.5 Å². The van der Waals surface area contributed by atoms with Gasteiger partial charge in [0.25, 0.3) is 0 Å². The molecule has 2 aromatic heterocycles. The average molecular weight is 479 g/mol. The first kappa shape index (κ1) is 22.5. The molecule has 0 radical (unpaired) electrons. The van der Waals surface area contributed by atoms with Crippen molar-refractivity contribution in [2.45, 2.75) is 51.2 Å². The molecule has 1 aliphatic heterocycles. The predicted molar refractivity (Wildman–Crippen MR) is 126 cm³/mol. The maximum atomic E-state index is 13.0. The Kier molecular flexibility index (Phi) is 6.22. The highest BCUT2D eigenvalue weighted by Gasteiger charge is 2.31. The number of nitrogens with one attached hydrogen (secondary N) is 1. The Hall–Kier alpha value is -2.33. The van der Waals surface area contributed by atoms with Crippen molar-refractivity contribution in [3.05, 3.63) is 29.8 Å². The molecule has 6 nitrogen and oxygen atoms in total. The van der Waals surface area contributed by atoms with E-state index in [0.29, 0.717) is 17.3 Å². The SMILES string of the molecule is CCN1CCN(c2nn3c(NC4CCCCC4)c(-c4ccc(C(F)(F)F)cc4)nc3s2)CC1. The first-order valence-electron chi connectivity index (χ1n) is 11.7. The topological polar surface area (TPSA) is 48.7 Å². The van der Waals surface area contributed by atoms with Crippen molar-refractivity contribution in [1.29, 1.82) is 0 Å². The molecule has 1 N–H and O–H groups in total. The second-order valence-corrected chi connectivity index (χ2v) is 9.80. The minimum atomic E-state index is -4.35. The van der Waals surface area contributed by atoms with Crippen LogP contribution in [0.25, 0.3) is 16.2 Å². The van der Waals surface area contributed by atoms with Crippen molar-refractivity contribution in [2.75, 3.05) is 42.9 Å². The Labute approximate surface area is 195 Å². The summed E-state index contributed by atoms with van der Waals surface area (Å²) in [6, 6.07) is 5.58. The monoisotopic (exact) mass is 478 g/mol. The van der Waals surface area contributed by atoms with Crippen LogP contribution in [0, 0.1) is 0 Å². The van der Waals surface area contributed by atoms with Crippen LogP contribution in [0.5, 0.6) is 0 Å². The van der Waals surface area contributed by atoms with Gasteiger partial charge in [-0.25, -0.2) is 4.98 Å². The first-order valence-corrected chi connectivity index (χ1v) is 12.5. The summed E-state index contributed by atoms with van der Waals surface area (Å²) in [5.74, 6) is 0.784. The maximum Gasteiger partial charge on any atom is 0.416 e. The summed E-state index contributed by atoms with van der Waals surface area (Å²) >= 11 is 1.54. The summed E-state index contributed by atoms with van der Waals surface area (Å²) in [7, 11) is 0. The number of anilines is 2. The van der Waals surface area contributed by atoms with Gasteiger partial charge in [-0.15, -0.1) is 5.10 Å². The smallest absolute Gasteiger partial charge is 0.365 e. The second kappa shape index (κ2) is 9.13. The zero-order chi connectivity index (χ0) is 23.0. The number of benzene rings is 1. The number of hydrogen-bond donors (Lipinski definition) is 1. The quantitative estimate of drug-likeness (QED) is 0.535. The third-order valence-corrected chi connectivity index (χ3v) is 7.68. The minimum absolute atomic E-state index is 0.324. The summed E-state index contributed by atoms with van der Waals surface area (Å²) in [4.78, 5) is 10.3. The van der Waals surface area contributed by atoms with Crippen molar-refractivity contribution >= 4 is 27.2 Å². The molecule has 0 spiro atoms. The van der Waals surface area contributed by atoms with Crippen LogP contribution in [0.4, 0.5) is 24.1 Å². The van der Waals surface area contributed by atoms with E-state index in [-0.39, 0.29) is 0 Å². The second-order valence-electron chi connectivity index (χ2n) is 8.86. The normalized spacial score (nSPS) is 18.8. The molecule has 178 valence electrons. The van der Waals surface area contributed by atoms with E-state index in [1.165, 1.54) is 42.7 Å². The fraction of sp³-hybridized carbons (Fsp3) is 0.565. The lowest BCUT2D eigenvalue weighted by atomic mass is 9.95. The summed E-state index contributed by atoms with van der Waals surface area (Å²) in [5.41, 5.74) is 0.674. The molecule has 1 saturated carbocycles. The van der Waals surface area contributed by atoms with Gasteiger partial charge in [0.1, 0.15) is 5.69 Å². The zero-order valence-electron chi connectivity index (χ0n) is 18.7. The van der Waals surface area contributed by atoms with Crippen LogP contribution in [-0.2, 0) is 6.18 Å². The lowest BCUT2D eigenvalue weighted by Gasteiger charge is -2.33. The van der Waals surface area contributed by atoms with Gasteiger partial charge in [0.2, 0.25) is 10.1 Å². The van der Waals surface area contributed by atoms with Gasteiger partial charge in [0, 0.05) is 37.8 Å². The molecule has 0 amide bonds. The van der Waals surface area contributed by atoms with Gasteiger partial charge >= 0.3 is 6.18 Å². The molecule has 0 bridgehead atoms. The summed E-state index contributed by atoms with van der Waals surface area (Å²) in [6.45, 7) is 7.13. The highest BCUT2D eigenvalue weighted by Crippen LogP contribution is 2.37. The largest absolute Gasteiger partial charge is 0.416 e. The molecule has 10 heteroatoms. The van der Waals surface area contributed by atoms with Crippen LogP contribution in [0.3, 0.4) is 0 Å². The standard InChI is InChI=1S/C23H29F3N6S/c1-2-30-12-14-31(15-13-30)22-29-32-20(27-18-6-4-3-5-7-18)19(28-21(32)33-22)16-8-10-17(11-9-16)23(24,25)26/h8-11,18,27H,2-7,12-15H2,1H3. The number of halogens is 3. The molecule has 1 saturated heterocycles. The van der Waals surface area contributed by atoms with Crippen LogP contribution in [-0.4, -0.2) is 58.3 Å². The zero-order valence-corrected chi connectivity index (χ0v) is 19.6. The van der Waals surface area contributed by atoms with Crippen molar-refractivity contribution < 1.29 is 13.2 Å². The highest BCUT2D eigenvalue weighted by molar-refractivity contribution is 7.20. The molecule has 5 rings (SSSR count). The number of fused-ring (bicyclic) bond motifs is 1. The maximum absolute atomic E-state index is 13.0. The third-order valence-electron chi connectivity index (χ3n) is 6.71. The lowest BCUT2D eigenvalue weighted by Crippen LogP contribution is -2.46. The van der Waals surface area contributed by atoms with Gasteiger partial charge in [-0.3, -0.25) is 0 Å². The summed E-state index contributed by atoms with van der Waals surface area (Å²) < 4.78 is 41.0. The van der Waals surface area contributed by atoms with Crippen LogP contribution < -0.4 is 10.2 Å². The van der Waals surface area contributed by atoms with Gasteiger partial charge in [0.15, 0.2) is 5.82 Å². The first-order chi connectivity index (χ1) is 15.9. The molecule has 0 unspecified atom stereocenters. The van der Waals surface area contributed by atoms with E-state index < -0.39 is 11.7 Å². The fourth-order valence-electron chi connectivity index (χ4n) is 4.71. The third kappa shape index (κ3) is 4.68. The van der Waals surface area contributed by atoms with E-state index in [4.69, 9.17) is 10.1 Å². The van der Waals surface area contributed by atoms with E-state index >= 15 is 0 Å². The van der Waals surface area contributed by atoms with Gasteiger partial charge in [-0.1, -0.05) is 49.7 Å². The number of likely N-dealkylation sites (N-methyl/N-ethyl adjacent to an activating group) is 1. The van der Waals surface area contributed by atoms with Crippen molar-refractivity contribution in [2.24, 2.45) is 0 Å². The molecule has 3 heterocycles. The number of rotatable bonds is 5. The van der Waals surface area contributed by atoms with E-state index in [0.717, 1.165) is 73.6 Å². The van der Waals surface area contributed by atoms with E-state index in [1.54, 1.807) is 0 Å². The van der Waals surface area contributed by atoms with Crippen LogP contribution >= 0.6 is 11.3 Å². The van der Waals surface area contributed by atoms with Crippen molar-refractivity contribution in [3.8, 4) is 11.3 Å². The van der Waals surface area contributed by atoms with Crippen molar-refractivity contribution in [3.63, 3.8) is 0 Å².